The molecule has 43 heavy (non-hydrogen) atoms. The van der Waals surface area contributed by atoms with E-state index in [1.165, 1.54) is 0 Å². The average Bonchev–Trinajstić information content (AvgIpc) is 3.56. The molecule has 0 aliphatic heterocycles. The molecule has 8 aromatic carbocycles. The summed E-state index contributed by atoms with van der Waals surface area (Å²) in [6.07, 6.45) is 0. The minimum Gasteiger partial charge on any atom is -0.455 e. The van der Waals surface area contributed by atoms with Crippen LogP contribution in [0.2, 0.25) is 0 Å². The predicted octanol–water partition coefficient (Wildman–Crippen LogP) is 12.0. The van der Waals surface area contributed by atoms with Crippen LogP contribution in [0, 0.1) is 0 Å². The largest absolute Gasteiger partial charge is 0.455 e. The summed E-state index contributed by atoms with van der Waals surface area (Å²) < 4.78 is 79.1. The zero-order chi connectivity index (χ0) is 35.3. The molecule has 0 saturated heterocycles. The molecule has 0 aliphatic rings. The number of fused-ring (bicyclic) bond motifs is 7. The van der Waals surface area contributed by atoms with E-state index in [1.807, 2.05) is 103 Å². The number of furan rings is 1. The lowest BCUT2D eigenvalue weighted by atomic mass is 9.85. The van der Waals surface area contributed by atoms with Crippen molar-refractivity contribution in [3.8, 4) is 33.4 Å². The third kappa shape index (κ3) is 3.65. The van der Waals surface area contributed by atoms with Crippen LogP contribution in [-0.2, 0) is 0 Å². The summed E-state index contributed by atoms with van der Waals surface area (Å²) in [6, 6.07) is 31.7. The Morgan fingerprint density at radius 3 is 1.81 bits per heavy atom. The minimum absolute atomic E-state index is 0.149. The van der Waals surface area contributed by atoms with Gasteiger partial charge in [-0.3, -0.25) is 0 Å². The van der Waals surface area contributed by atoms with Gasteiger partial charge < -0.3 is 4.42 Å². The fraction of sp³-hybridized carbons (Fsp3) is 0. The van der Waals surface area contributed by atoms with Crippen molar-refractivity contribution in [1.29, 1.82) is 0 Å². The molecule has 0 spiro atoms. The van der Waals surface area contributed by atoms with E-state index in [1.54, 1.807) is 6.07 Å². The molecule has 0 aliphatic carbocycles. The monoisotopic (exact) mass is 554 g/mol. The Labute approximate surface area is 260 Å². The first-order valence-corrected chi connectivity index (χ1v) is 14.1. The molecule has 9 aromatic rings. The van der Waals surface area contributed by atoms with Gasteiger partial charge in [0.05, 0.1) is 11.0 Å². The maximum atomic E-state index is 9.36. The first-order chi connectivity index (χ1) is 24.7. The fourth-order valence-electron chi connectivity index (χ4n) is 6.43. The summed E-state index contributed by atoms with van der Waals surface area (Å²) in [4.78, 5) is 0. The molecule has 0 N–H and O–H groups in total. The van der Waals surface area contributed by atoms with Crippen LogP contribution < -0.4 is 0 Å². The van der Waals surface area contributed by atoms with E-state index in [2.05, 4.69) is 0 Å². The van der Waals surface area contributed by atoms with Crippen LogP contribution in [-0.4, -0.2) is 0 Å². The van der Waals surface area contributed by atoms with Gasteiger partial charge in [0, 0.05) is 21.9 Å². The van der Waals surface area contributed by atoms with Crippen molar-refractivity contribution in [2.45, 2.75) is 0 Å². The van der Waals surface area contributed by atoms with E-state index in [4.69, 9.17) is 9.90 Å². The molecular weight excluding hydrogens is 520 g/mol. The molecule has 0 amide bonds. The number of hydrogen-bond acceptors (Lipinski definition) is 1. The summed E-state index contributed by atoms with van der Waals surface area (Å²) in [7, 11) is 0. The maximum absolute atomic E-state index is 9.36. The van der Waals surface area contributed by atoms with Crippen LogP contribution >= 0.6 is 0 Å². The van der Waals surface area contributed by atoms with Gasteiger partial charge in [-0.2, -0.15) is 0 Å². The van der Waals surface area contributed by atoms with Crippen molar-refractivity contribution in [1.82, 2.24) is 0 Å². The van der Waals surface area contributed by atoms with Crippen molar-refractivity contribution in [2.24, 2.45) is 0 Å². The molecule has 0 unspecified atom stereocenters. The predicted molar refractivity (Wildman–Crippen MR) is 183 cm³/mol. The lowest BCUT2D eigenvalue weighted by Gasteiger charge is -2.18. The van der Waals surface area contributed by atoms with Crippen LogP contribution in [0.15, 0.2) is 162 Å². The van der Waals surface area contributed by atoms with Gasteiger partial charge in [0.1, 0.15) is 11.2 Å². The van der Waals surface area contributed by atoms with E-state index >= 15 is 0 Å². The standard InChI is InChI=1S/C42H26O/c1-2-12-27(13-3-1)29-15-10-16-30(26-29)39-32-18-6-8-20-34(32)40(35-21-9-7-19-33(35)39)36-22-11-23-37-41-31-17-5-4-14-28(31)24-25-38(41)43-42(36)37/h1-26H/i6D,7D,8D,9D,18D,19D,20D,21D. The highest BCUT2D eigenvalue weighted by molar-refractivity contribution is 6.26. The fourth-order valence-corrected chi connectivity index (χ4v) is 6.43. The van der Waals surface area contributed by atoms with Gasteiger partial charge in [0.25, 0.3) is 0 Å². The van der Waals surface area contributed by atoms with E-state index in [-0.39, 0.29) is 51.3 Å². The average molecular weight is 555 g/mol. The molecule has 1 heteroatoms. The van der Waals surface area contributed by atoms with E-state index < -0.39 is 24.2 Å². The van der Waals surface area contributed by atoms with Crippen LogP contribution in [0.5, 0.6) is 0 Å². The first kappa shape index (κ1) is 17.3. The van der Waals surface area contributed by atoms with Gasteiger partial charge in [-0.1, -0.05) is 145 Å². The molecule has 1 heterocycles. The van der Waals surface area contributed by atoms with Gasteiger partial charge in [0.2, 0.25) is 0 Å². The Morgan fingerprint density at radius 1 is 0.442 bits per heavy atom. The van der Waals surface area contributed by atoms with Gasteiger partial charge in [0.15, 0.2) is 0 Å². The summed E-state index contributed by atoms with van der Waals surface area (Å²) in [5.41, 5.74) is 4.44. The maximum Gasteiger partial charge on any atom is 0.143 e. The second-order valence-electron chi connectivity index (χ2n) is 10.6. The molecule has 0 fully saturated rings. The third-order valence-electron chi connectivity index (χ3n) is 8.29. The van der Waals surface area contributed by atoms with E-state index in [0.717, 1.165) is 32.7 Å². The Hall–Kier alpha value is -5.66. The highest BCUT2D eigenvalue weighted by atomic mass is 16.3. The second kappa shape index (κ2) is 9.44. The molecule has 9 rings (SSSR count). The van der Waals surface area contributed by atoms with Crippen molar-refractivity contribution < 1.29 is 15.4 Å². The van der Waals surface area contributed by atoms with Crippen LogP contribution in [0.3, 0.4) is 0 Å². The Balaban J connectivity index is 1.53. The highest BCUT2D eigenvalue weighted by Gasteiger charge is 2.20. The van der Waals surface area contributed by atoms with E-state index in [9.17, 15) is 5.48 Å². The topological polar surface area (TPSA) is 13.1 Å². The smallest absolute Gasteiger partial charge is 0.143 e. The molecule has 0 saturated carbocycles. The number of benzene rings is 8. The lowest BCUT2D eigenvalue weighted by Crippen LogP contribution is -1.91. The summed E-state index contributed by atoms with van der Waals surface area (Å²) in [5.74, 6) is 0. The van der Waals surface area contributed by atoms with Crippen molar-refractivity contribution in [2.75, 3.05) is 0 Å². The quantitative estimate of drug-likeness (QED) is 0.198. The molecule has 1 aromatic heterocycles. The van der Waals surface area contributed by atoms with Gasteiger partial charge >= 0.3 is 0 Å². The number of hydrogen-bond donors (Lipinski definition) is 0. The number of rotatable bonds is 3. The normalized spacial score (nSPS) is 14.3. The summed E-state index contributed by atoms with van der Waals surface area (Å²) in [5, 5.41) is 4.30. The molecule has 0 bridgehead atoms. The molecular formula is C42H26O. The Bertz CT molecular complexity index is 2870. The molecule has 200 valence electrons. The zero-order valence-electron chi connectivity index (χ0n) is 30.8. The van der Waals surface area contributed by atoms with Gasteiger partial charge in [-0.25, -0.2) is 0 Å². The second-order valence-corrected chi connectivity index (χ2v) is 10.6. The van der Waals surface area contributed by atoms with Crippen LogP contribution in [0.4, 0.5) is 0 Å². The Morgan fingerprint density at radius 2 is 1.05 bits per heavy atom. The zero-order valence-corrected chi connectivity index (χ0v) is 22.8. The van der Waals surface area contributed by atoms with Crippen molar-refractivity contribution >= 4 is 54.3 Å². The van der Waals surface area contributed by atoms with Crippen molar-refractivity contribution in [3.63, 3.8) is 0 Å². The van der Waals surface area contributed by atoms with Gasteiger partial charge in [-0.05, 0) is 66.7 Å². The van der Waals surface area contributed by atoms with Crippen molar-refractivity contribution in [3.05, 3.63) is 158 Å². The third-order valence-corrected chi connectivity index (χ3v) is 8.29. The van der Waals surface area contributed by atoms with Gasteiger partial charge in [-0.15, -0.1) is 0 Å². The molecule has 0 atom stereocenters. The van der Waals surface area contributed by atoms with Crippen LogP contribution in [0.1, 0.15) is 11.0 Å². The summed E-state index contributed by atoms with van der Waals surface area (Å²) >= 11 is 0. The number of para-hydroxylation sites is 1. The van der Waals surface area contributed by atoms with E-state index in [0.29, 0.717) is 27.9 Å². The van der Waals surface area contributed by atoms with Crippen LogP contribution in [0.25, 0.3) is 87.6 Å². The Kier molecular flexibility index (Phi) is 3.80. The minimum atomic E-state index is -0.444. The molecule has 1 nitrogen and oxygen atoms in total. The molecule has 0 radical (unpaired) electrons. The summed E-state index contributed by atoms with van der Waals surface area (Å²) in [6.45, 7) is 0. The first-order valence-electron chi connectivity index (χ1n) is 18.1. The highest BCUT2D eigenvalue weighted by Crippen LogP contribution is 2.47. The SMILES string of the molecule is [2H]c1c([2H])c([2H])c2c(-c3cccc4c3oc3ccc5ccccc5c34)c3c([2H])c([2H])c([2H])c([2H])c3c(-c3cccc(-c4ccccc4)c3)c2c1[2H]. The lowest BCUT2D eigenvalue weighted by molar-refractivity contribution is 0.670.